The Labute approximate surface area is 219 Å². The average Bonchev–Trinajstić information content (AvgIpc) is 2.86. The van der Waals surface area contributed by atoms with Gasteiger partial charge in [0, 0.05) is 29.7 Å². The van der Waals surface area contributed by atoms with Crippen LogP contribution < -0.4 is 5.32 Å². The number of carbonyl (C=O) groups is 3. The van der Waals surface area contributed by atoms with Crippen molar-refractivity contribution in [3.63, 3.8) is 0 Å². The lowest BCUT2D eigenvalue weighted by Gasteiger charge is -2.20. The van der Waals surface area contributed by atoms with Crippen molar-refractivity contribution in [3.05, 3.63) is 87.4 Å². The Balaban J connectivity index is 1.67. The van der Waals surface area contributed by atoms with Crippen LogP contribution in [0, 0.1) is 0 Å². The number of alkyl halides is 6. The first-order valence-electron chi connectivity index (χ1n) is 11.4. The van der Waals surface area contributed by atoms with Gasteiger partial charge in [0.15, 0.2) is 0 Å². The van der Waals surface area contributed by atoms with Crippen molar-refractivity contribution < 1.29 is 50.2 Å². The van der Waals surface area contributed by atoms with Gasteiger partial charge in [-0.15, -0.1) is 0 Å². The molecule has 0 radical (unpaired) electrons. The van der Waals surface area contributed by atoms with E-state index in [-0.39, 0.29) is 48.0 Å². The molecule has 208 valence electrons. The summed E-state index contributed by atoms with van der Waals surface area (Å²) >= 11 is 0. The fourth-order valence-electron chi connectivity index (χ4n) is 3.94. The molecule has 1 aliphatic carbocycles. The van der Waals surface area contributed by atoms with E-state index in [0.717, 1.165) is 0 Å². The lowest BCUT2D eigenvalue weighted by Crippen LogP contribution is -2.26. The summed E-state index contributed by atoms with van der Waals surface area (Å²) in [5.41, 5.74) is -1.88. The number of amides is 1. The number of ketones is 2. The van der Waals surface area contributed by atoms with Crippen molar-refractivity contribution in [2.24, 2.45) is 0 Å². The van der Waals surface area contributed by atoms with Crippen molar-refractivity contribution in [2.45, 2.75) is 38.5 Å². The van der Waals surface area contributed by atoms with Crippen LogP contribution in [0.5, 0.6) is 0 Å². The third-order valence-electron chi connectivity index (χ3n) is 6.01. The molecule has 3 rings (SSSR count). The summed E-state index contributed by atoms with van der Waals surface area (Å²) in [6.07, 6.45) is -10.0. The largest absolute Gasteiger partial charge is 0.489 e. The summed E-state index contributed by atoms with van der Waals surface area (Å²) in [5, 5.41) is 2.09. The number of hydrogen-bond acceptors (Lipinski definition) is 5. The first-order chi connectivity index (χ1) is 18.1. The molecule has 2 aromatic rings. The highest BCUT2D eigenvalue weighted by Crippen LogP contribution is 2.37. The molecule has 0 fully saturated rings. The van der Waals surface area contributed by atoms with E-state index in [1.807, 2.05) is 0 Å². The quantitative estimate of drug-likeness (QED) is 0.329. The van der Waals surface area contributed by atoms with Crippen LogP contribution in [0.4, 0.5) is 32.0 Å². The molecule has 0 saturated heterocycles. The summed E-state index contributed by atoms with van der Waals surface area (Å²) in [5.74, 6) is -2.07. The second-order valence-electron chi connectivity index (χ2n) is 8.66. The highest BCUT2D eigenvalue weighted by Gasteiger charge is 2.37. The number of aryl methyl sites for hydroxylation is 1. The third kappa shape index (κ3) is 6.87. The number of ether oxygens (including phenoxy) is 2. The number of halogens is 6. The second kappa shape index (κ2) is 11.3. The Hall–Kier alpha value is -4.09. The summed E-state index contributed by atoms with van der Waals surface area (Å²) in [6.45, 7) is 1.51. The SMILES string of the molecule is COC1=C(OC)C(=O)C(Cc2ccc(CCC(=O)Nc3cc(C(F)(F)F)cc(C(F)(F)F)c3)cc2)=C(C)C1=O. The highest BCUT2D eigenvalue weighted by molar-refractivity contribution is 6.23. The number of benzene rings is 2. The lowest BCUT2D eigenvalue weighted by atomic mass is 9.88. The van der Waals surface area contributed by atoms with Gasteiger partial charge < -0.3 is 14.8 Å². The predicted molar refractivity (Wildman–Crippen MR) is 127 cm³/mol. The van der Waals surface area contributed by atoms with Crippen LogP contribution in [-0.4, -0.2) is 31.7 Å². The number of methoxy groups -OCH3 is 2. The molecule has 0 saturated carbocycles. The Morgan fingerprint density at radius 2 is 1.28 bits per heavy atom. The molecule has 1 aliphatic rings. The van der Waals surface area contributed by atoms with Gasteiger partial charge in [0.2, 0.25) is 29.0 Å². The Morgan fingerprint density at radius 3 is 1.77 bits per heavy atom. The van der Waals surface area contributed by atoms with E-state index in [1.165, 1.54) is 21.1 Å². The van der Waals surface area contributed by atoms with Crippen molar-refractivity contribution in [2.75, 3.05) is 19.5 Å². The van der Waals surface area contributed by atoms with Gasteiger partial charge in [0.25, 0.3) is 0 Å². The molecule has 0 aromatic heterocycles. The molecule has 12 heteroatoms. The number of anilines is 1. The molecule has 0 heterocycles. The number of Topliss-reactive ketones (excluding diaryl/α,β-unsaturated/α-hetero) is 2. The van der Waals surface area contributed by atoms with Gasteiger partial charge in [0.05, 0.1) is 25.3 Å². The molecule has 0 bridgehead atoms. The van der Waals surface area contributed by atoms with Crippen molar-refractivity contribution in [3.8, 4) is 0 Å². The van der Waals surface area contributed by atoms with Gasteiger partial charge in [-0.1, -0.05) is 24.3 Å². The van der Waals surface area contributed by atoms with E-state index in [9.17, 15) is 40.7 Å². The van der Waals surface area contributed by atoms with Crippen molar-refractivity contribution in [1.82, 2.24) is 0 Å². The Kier molecular flexibility index (Phi) is 8.57. The molecule has 1 amide bonds. The van der Waals surface area contributed by atoms with Gasteiger partial charge in [-0.3, -0.25) is 14.4 Å². The van der Waals surface area contributed by atoms with Crippen LogP contribution in [0.25, 0.3) is 0 Å². The standard InChI is InChI=1S/C27H23F6NO5/c1-14-20(23(37)25(39-3)24(38-2)22(14)36)10-16-6-4-15(5-7-16)8-9-21(35)34-19-12-17(26(28,29)30)11-18(13-19)27(31,32)33/h4-7,11-13H,8-10H2,1-3H3,(H,34,35). The molecule has 1 N–H and O–H groups in total. The third-order valence-corrected chi connectivity index (χ3v) is 6.01. The predicted octanol–water partition coefficient (Wildman–Crippen LogP) is 5.81. The van der Waals surface area contributed by atoms with Gasteiger partial charge in [-0.2, -0.15) is 26.3 Å². The zero-order chi connectivity index (χ0) is 29.1. The number of carbonyl (C=O) groups excluding carboxylic acids is 3. The zero-order valence-electron chi connectivity index (χ0n) is 21.0. The monoisotopic (exact) mass is 555 g/mol. The molecular weight excluding hydrogens is 532 g/mol. The van der Waals surface area contributed by atoms with E-state index in [4.69, 9.17) is 9.47 Å². The van der Waals surface area contributed by atoms with Crippen LogP contribution in [0.3, 0.4) is 0 Å². The second-order valence-corrected chi connectivity index (χ2v) is 8.66. The number of allylic oxidation sites excluding steroid dienone is 2. The molecule has 39 heavy (non-hydrogen) atoms. The van der Waals surface area contributed by atoms with E-state index in [0.29, 0.717) is 23.3 Å². The van der Waals surface area contributed by atoms with Crippen LogP contribution in [-0.2, 0) is 49.1 Å². The summed E-state index contributed by atoms with van der Waals surface area (Å²) in [7, 11) is 2.52. The molecule has 6 nitrogen and oxygen atoms in total. The first kappa shape index (κ1) is 29.5. The van der Waals surface area contributed by atoms with E-state index < -0.39 is 46.6 Å². The fourth-order valence-corrected chi connectivity index (χ4v) is 3.94. The van der Waals surface area contributed by atoms with Crippen LogP contribution >= 0.6 is 0 Å². The van der Waals surface area contributed by atoms with Crippen molar-refractivity contribution in [1.29, 1.82) is 0 Å². The molecular formula is C27H23F6NO5. The Morgan fingerprint density at radius 1 is 0.795 bits per heavy atom. The molecule has 0 unspecified atom stereocenters. The van der Waals surface area contributed by atoms with Gasteiger partial charge in [0.1, 0.15) is 0 Å². The van der Waals surface area contributed by atoms with E-state index in [1.54, 1.807) is 24.3 Å². The molecule has 0 spiro atoms. The van der Waals surface area contributed by atoms with Crippen LogP contribution in [0.15, 0.2) is 65.1 Å². The number of hydrogen-bond donors (Lipinski definition) is 1. The minimum Gasteiger partial charge on any atom is -0.489 e. The molecule has 0 aliphatic heterocycles. The maximum absolute atomic E-state index is 13.0. The molecule has 2 aromatic carbocycles. The van der Waals surface area contributed by atoms with E-state index >= 15 is 0 Å². The highest BCUT2D eigenvalue weighted by atomic mass is 19.4. The van der Waals surface area contributed by atoms with E-state index in [2.05, 4.69) is 5.32 Å². The summed E-state index contributed by atoms with van der Waals surface area (Å²) < 4.78 is 88.2. The topological polar surface area (TPSA) is 81.7 Å². The zero-order valence-corrected chi connectivity index (χ0v) is 21.0. The number of rotatable bonds is 8. The summed E-state index contributed by atoms with van der Waals surface area (Å²) in [4.78, 5) is 37.6. The normalized spacial score (nSPS) is 14.6. The van der Waals surface area contributed by atoms with Crippen LogP contribution in [0.2, 0.25) is 0 Å². The minimum absolute atomic E-state index is 0.0194. The minimum atomic E-state index is -5.03. The maximum Gasteiger partial charge on any atom is 0.416 e. The van der Waals surface area contributed by atoms with Gasteiger partial charge in [-0.05, 0) is 42.7 Å². The summed E-state index contributed by atoms with van der Waals surface area (Å²) in [6, 6.07) is 7.53. The molecule has 0 atom stereocenters. The first-order valence-corrected chi connectivity index (χ1v) is 11.4. The van der Waals surface area contributed by atoms with Crippen molar-refractivity contribution >= 4 is 23.2 Å². The maximum atomic E-state index is 13.0. The lowest BCUT2D eigenvalue weighted by molar-refractivity contribution is -0.143. The fraction of sp³-hybridized carbons (Fsp3) is 0.296. The van der Waals surface area contributed by atoms with Gasteiger partial charge in [-0.25, -0.2) is 0 Å². The number of nitrogens with one attached hydrogen (secondary N) is 1. The average molecular weight is 555 g/mol. The smallest absolute Gasteiger partial charge is 0.416 e. The van der Waals surface area contributed by atoms with Crippen LogP contribution in [0.1, 0.15) is 35.6 Å². The Bertz CT molecular complexity index is 1320. The van der Waals surface area contributed by atoms with Gasteiger partial charge >= 0.3 is 12.4 Å².